The Morgan fingerprint density at radius 3 is 2.78 bits per heavy atom. The second kappa shape index (κ2) is 5.41. The van der Waals surface area contributed by atoms with Crippen LogP contribution >= 0.6 is 11.3 Å². The maximum absolute atomic E-state index is 11.1. The average Bonchev–Trinajstić information content (AvgIpc) is 2.96. The summed E-state index contributed by atoms with van der Waals surface area (Å²) in [6, 6.07) is 1.97. The first-order chi connectivity index (χ1) is 8.53. The minimum atomic E-state index is -0.00417. The van der Waals surface area contributed by atoms with Gasteiger partial charge < -0.3 is 10.6 Å². The molecule has 1 aromatic heterocycles. The molecule has 0 spiro atoms. The minimum absolute atomic E-state index is 0.00417. The smallest absolute Gasteiger partial charge is 0.221 e. The van der Waals surface area contributed by atoms with Gasteiger partial charge in [0.2, 0.25) is 5.91 Å². The van der Waals surface area contributed by atoms with Crippen molar-refractivity contribution in [3.8, 4) is 0 Å². The Morgan fingerprint density at radius 2 is 2.22 bits per heavy atom. The molecule has 1 heterocycles. The Morgan fingerprint density at radius 1 is 1.50 bits per heavy atom. The molecule has 0 bridgehead atoms. The van der Waals surface area contributed by atoms with Crippen LogP contribution < -0.4 is 10.6 Å². The molecule has 0 unspecified atom stereocenters. The van der Waals surface area contributed by atoms with Gasteiger partial charge in [0.1, 0.15) is 0 Å². The molecule has 1 saturated carbocycles. The second-order valence-electron chi connectivity index (χ2n) is 5.56. The lowest BCUT2D eigenvalue weighted by atomic mass is 9.92. The standard InChI is InChI=1S/C14H22N2OS/c1-10(2)14(5-6-14)9-15-8-13-12(4-7-18-13)16-11(3)17/h4,7,10,15H,5-6,8-9H2,1-3H3,(H,16,17). The van der Waals surface area contributed by atoms with Crippen molar-refractivity contribution in [2.24, 2.45) is 11.3 Å². The van der Waals surface area contributed by atoms with Gasteiger partial charge in [-0.05, 0) is 35.6 Å². The Kier molecular flexibility index (Phi) is 4.07. The van der Waals surface area contributed by atoms with Gasteiger partial charge in [0.15, 0.2) is 0 Å². The highest BCUT2D eigenvalue weighted by molar-refractivity contribution is 7.10. The monoisotopic (exact) mass is 266 g/mol. The van der Waals surface area contributed by atoms with E-state index < -0.39 is 0 Å². The lowest BCUT2D eigenvalue weighted by Crippen LogP contribution is -2.27. The average molecular weight is 266 g/mol. The van der Waals surface area contributed by atoms with Gasteiger partial charge in [0.25, 0.3) is 0 Å². The van der Waals surface area contributed by atoms with Crippen LogP contribution in [0.3, 0.4) is 0 Å². The van der Waals surface area contributed by atoms with E-state index in [9.17, 15) is 4.79 Å². The summed E-state index contributed by atoms with van der Waals surface area (Å²) in [5.41, 5.74) is 1.49. The molecule has 1 aliphatic carbocycles. The Labute approximate surface area is 113 Å². The number of thiophene rings is 1. The summed E-state index contributed by atoms with van der Waals surface area (Å²) in [5, 5.41) is 8.44. The number of rotatable bonds is 6. The fraction of sp³-hybridized carbons (Fsp3) is 0.643. The van der Waals surface area contributed by atoms with E-state index in [-0.39, 0.29) is 5.91 Å². The van der Waals surface area contributed by atoms with E-state index in [1.54, 1.807) is 18.3 Å². The highest BCUT2D eigenvalue weighted by atomic mass is 32.1. The molecule has 1 aromatic rings. The van der Waals surface area contributed by atoms with Crippen LogP contribution in [0.1, 0.15) is 38.5 Å². The van der Waals surface area contributed by atoms with Gasteiger partial charge in [-0.2, -0.15) is 0 Å². The van der Waals surface area contributed by atoms with Crippen LogP contribution in [-0.2, 0) is 11.3 Å². The summed E-state index contributed by atoms with van der Waals surface area (Å²) in [4.78, 5) is 12.3. The Hall–Kier alpha value is -0.870. The van der Waals surface area contributed by atoms with Crippen LogP contribution in [0.2, 0.25) is 0 Å². The third kappa shape index (κ3) is 3.12. The van der Waals surface area contributed by atoms with Crippen molar-refractivity contribution < 1.29 is 4.79 Å². The van der Waals surface area contributed by atoms with E-state index in [0.717, 1.165) is 24.7 Å². The van der Waals surface area contributed by atoms with E-state index >= 15 is 0 Å². The molecule has 2 rings (SSSR count). The molecule has 1 fully saturated rings. The van der Waals surface area contributed by atoms with E-state index in [1.807, 2.05) is 11.4 Å². The molecule has 0 saturated heterocycles. The van der Waals surface area contributed by atoms with Gasteiger partial charge in [-0.1, -0.05) is 13.8 Å². The van der Waals surface area contributed by atoms with Gasteiger partial charge in [0.05, 0.1) is 5.69 Å². The zero-order valence-electron chi connectivity index (χ0n) is 11.4. The molecule has 0 radical (unpaired) electrons. The largest absolute Gasteiger partial charge is 0.325 e. The maximum atomic E-state index is 11.1. The lowest BCUT2D eigenvalue weighted by molar-refractivity contribution is -0.114. The third-order valence-corrected chi connectivity index (χ3v) is 4.86. The van der Waals surface area contributed by atoms with Crippen LogP contribution in [0.4, 0.5) is 5.69 Å². The van der Waals surface area contributed by atoms with Crippen LogP contribution in [0.25, 0.3) is 0 Å². The van der Waals surface area contributed by atoms with Crippen LogP contribution in [0.5, 0.6) is 0 Å². The molecular formula is C14H22N2OS. The maximum Gasteiger partial charge on any atom is 0.221 e. The van der Waals surface area contributed by atoms with E-state index in [0.29, 0.717) is 5.41 Å². The molecule has 4 heteroatoms. The number of hydrogen-bond donors (Lipinski definition) is 2. The van der Waals surface area contributed by atoms with Crippen molar-refractivity contribution in [2.75, 3.05) is 11.9 Å². The molecule has 3 nitrogen and oxygen atoms in total. The highest BCUT2D eigenvalue weighted by Gasteiger charge is 2.44. The summed E-state index contributed by atoms with van der Waals surface area (Å²) in [6.07, 6.45) is 2.70. The number of carbonyl (C=O) groups is 1. The summed E-state index contributed by atoms with van der Waals surface area (Å²) in [7, 11) is 0. The number of nitrogens with one attached hydrogen (secondary N) is 2. The lowest BCUT2D eigenvalue weighted by Gasteiger charge is -2.20. The van der Waals surface area contributed by atoms with Crippen LogP contribution in [0.15, 0.2) is 11.4 Å². The van der Waals surface area contributed by atoms with E-state index in [1.165, 1.54) is 17.7 Å². The topological polar surface area (TPSA) is 41.1 Å². The predicted octanol–water partition coefficient (Wildman–Crippen LogP) is 3.23. The summed E-state index contributed by atoms with van der Waals surface area (Å²) in [5.74, 6) is 0.749. The molecule has 18 heavy (non-hydrogen) atoms. The van der Waals surface area contributed by atoms with Crippen molar-refractivity contribution in [2.45, 2.75) is 40.2 Å². The molecule has 100 valence electrons. The van der Waals surface area contributed by atoms with Crippen molar-refractivity contribution in [3.63, 3.8) is 0 Å². The van der Waals surface area contributed by atoms with E-state index in [4.69, 9.17) is 0 Å². The zero-order valence-corrected chi connectivity index (χ0v) is 12.2. The molecule has 0 atom stereocenters. The SMILES string of the molecule is CC(=O)Nc1ccsc1CNCC1(C(C)C)CC1. The summed E-state index contributed by atoms with van der Waals surface area (Å²) < 4.78 is 0. The van der Waals surface area contributed by atoms with E-state index in [2.05, 4.69) is 24.5 Å². The summed E-state index contributed by atoms with van der Waals surface area (Å²) >= 11 is 1.69. The fourth-order valence-corrected chi connectivity index (χ4v) is 3.12. The van der Waals surface area contributed by atoms with Gasteiger partial charge in [-0.25, -0.2) is 0 Å². The highest BCUT2D eigenvalue weighted by Crippen LogP contribution is 2.51. The molecule has 1 amide bonds. The molecule has 0 aliphatic heterocycles. The van der Waals surface area contributed by atoms with Gasteiger partial charge in [0, 0.05) is 24.9 Å². The normalized spacial score (nSPS) is 16.9. The van der Waals surface area contributed by atoms with Gasteiger partial charge in [-0.15, -0.1) is 11.3 Å². The van der Waals surface area contributed by atoms with Crippen molar-refractivity contribution in [1.82, 2.24) is 5.32 Å². The number of carbonyl (C=O) groups excluding carboxylic acids is 1. The van der Waals surface area contributed by atoms with Crippen molar-refractivity contribution in [1.29, 1.82) is 0 Å². The van der Waals surface area contributed by atoms with Crippen molar-refractivity contribution >= 4 is 22.9 Å². The number of amides is 1. The van der Waals surface area contributed by atoms with Gasteiger partial charge in [-0.3, -0.25) is 4.79 Å². The Bertz CT molecular complexity index is 421. The molecule has 0 aromatic carbocycles. The zero-order chi connectivity index (χ0) is 13.2. The fourth-order valence-electron chi connectivity index (χ4n) is 2.32. The predicted molar refractivity (Wildman–Crippen MR) is 76.8 cm³/mol. The third-order valence-electron chi connectivity index (χ3n) is 3.94. The Balaban J connectivity index is 1.83. The molecular weight excluding hydrogens is 244 g/mol. The first-order valence-electron chi connectivity index (χ1n) is 6.58. The minimum Gasteiger partial charge on any atom is -0.325 e. The molecule has 2 N–H and O–H groups in total. The molecule has 1 aliphatic rings. The second-order valence-corrected chi connectivity index (χ2v) is 6.56. The number of anilines is 1. The summed E-state index contributed by atoms with van der Waals surface area (Å²) in [6.45, 7) is 8.10. The quantitative estimate of drug-likeness (QED) is 0.830. The van der Waals surface area contributed by atoms with Crippen LogP contribution in [-0.4, -0.2) is 12.5 Å². The van der Waals surface area contributed by atoms with Gasteiger partial charge >= 0.3 is 0 Å². The number of hydrogen-bond acceptors (Lipinski definition) is 3. The van der Waals surface area contributed by atoms with Crippen molar-refractivity contribution in [3.05, 3.63) is 16.3 Å². The first kappa shape index (κ1) is 13.6. The first-order valence-corrected chi connectivity index (χ1v) is 7.46. The van der Waals surface area contributed by atoms with Crippen LogP contribution in [0, 0.1) is 11.3 Å².